The summed E-state index contributed by atoms with van der Waals surface area (Å²) in [6.07, 6.45) is 2.14. The van der Waals surface area contributed by atoms with Crippen molar-refractivity contribution < 1.29 is 33.2 Å². The van der Waals surface area contributed by atoms with Gasteiger partial charge in [0, 0.05) is 20.1 Å². The summed E-state index contributed by atoms with van der Waals surface area (Å²) < 4.78 is 42.1. The molecule has 2 heterocycles. The summed E-state index contributed by atoms with van der Waals surface area (Å²) in [5, 5.41) is 0. The minimum absolute atomic E-state index is 0.0273. The van der Waals surface area contributed by atoms with Crippen molar-refractivity contribution in [1.82, 2.24) is 0 Å². The molecule has 1 aromatic rings. The van der Waals surface area contributed by atoms with E-state index in [1.807, 2.05) is 70.2 Å². The second-order valence-electron chi connectivity index (χ2n) is 9.90. The smallest absolute Gasteiger partial charge is 0.210 e. The fourth-order valence-corrected chi connectivity index (χ4v) is 4.57. The number of benzene rings is 1. The number of hydrogen-bond acceptors (Lipinski definition) is 8. The van der Waals surface area contributed by atoms with E-state index in [-0.39, 0.29) is 31.0 Å². The van der Waals surface area contributed by atoms with Crippen LogP contribution in [0.5, 0.6) is 0 Å². The topological polar surface area (TPSA) is 77.0 Å². The van der Waals surface area contributed by atoms with E-state index in [9.17, 15) is 0 Å². The number of methoxy groups -OCH3 is 2. The molecule has 0 amide bonds. The summed E-state index contributed by atoms with van der Waals surface area (Å²) in [5.74, 6) is 0.545. The Bertz CT molecular complexity index is 843. The first-order chi connectivity index (χ1) is 16.7. The minimum Gasteiger partial charge on any atom is -0.477 e. The summed E-state index contributed by atoms with van der Waals surface area (Å²) in [6, 6.07) is 10.1. The Labute approximate surface area is 209 Å². The molecule has 196 valence electrons. The van der Waals surface area contributed by atoms with Gasteiger partial charge in [0.15, 0.2) is 6.29 Å². The normalized spacial score (nSPS) is 28.6. The Balaban J connectivity index is 1.85. The molecule has 2 aliphatic rings. The van der Waals surface area contributed by atoms with E-state index in [4.69, 9.17) is 33.2 Å². The average Bonchev–Trinajstić information content (AvgIpc) is 3.35. The fraction of sp³-hybridized carbons (Fsp3) is 0.667. The number of hydrogen-bond donors (Lipinski definition) is 0. The Morgan fingerprint density at radius 1 is 1.20 bits per heavy atom. The molecule has 8 heteroatoms. The largest absolute Gasteiger partial charge is 0.477 e. The van der Waals surface area contributed by atoms with Crippen LogP contribution in [-0.4, -0.2) is 75.9 Å². The van der Waals surface area contributed by atoms with Crippen LogP contribution in [0.3, 0.4) is 0 Å². The summed E-state index contributed by atoms with van der Waals surface area (Å²) in [4.78, 5) is 4.62. The molecule has 0 aliphatic carbocycles. The first-order valence-corrected chi connectivity index (χ1v) is 12.2. The molecule has 0 spiro atoms. The van der Waals surface area contributed by atoms with Gasteiger partial charge in [-0.15, -0.1) is 0 Å². The van der Waals surface area contributed by atoms with Gasteiger partial charge in [0.05, 0.1) is 18.2 Å². The molecule has 6 atom stereocenters. The van der Waals surface area contributed by atoms with Crippen LogP contribution in [0, 0.1) is 5.92 Å². The molecule has 0 aromatic heterocycles. The molecule has 8 nitrogen and oxygen atoms in total. The molecule has 0 saturated carbocycles. The van der Waals surface area contributed by atoms with Crippen molar-refractivity contribution in [1.29, 1.82) is 0 Å². The summed E-state index contributed by atoms with van der Waals surface area (Å²) in [7, 11) is 3.23. The average molecular weight is 492 g/mol. The van der Waals surface area contributed by atoms with Crippen LogP contribution in [-0.2, 0) is 39.8 Å². The highest BCUT2D eigenvalue weighted by atomic mass is 16.7. The SMILES string of the molecule is C/C=C/[C@@](C)(OCC1=NC(C)(C)CO1)[C@@H](OCOC)[C@H]1O[C@H](OC)[C@@H](C)[C@@H]1OCc1ccccc1. The molecule has 0 N–H and O–H groups in total. The maximum atomic E-state index is 6.43. The maximum absolute atomic E-state index is 6.43. The summed E-state index contributed by atoms with van der Waals surface area (Å²) in [6.45, 7) is 11.3. The lowest BCUT2D eigenvalue weighted by molar-refractivity contribution is -0.221. The van der Waals surface area contributed by atoms with Crippen molar-refractivity contribution >= 4 is 5.90 Å². The lowest BCUT2D eigenvalue weighted by atomic mass is 9.88. The second kappa shape index (κ2) is 12.4. The second-order valence-corrected chi connectivity index (χ2v) is 9.90. The Morgan fingerprint density at radius 3 is 2.54 bits per heavy atom. The van der Waals surface area contributed by atoms with Gasteiger partial charge < -0.3 is 33.2 Å². The third kappa shape index (κ3) is 7.12. The van der Waals surface area contributed by atoms with E-state index < -0.39 is 24.1 Å². The third-order valence-corrected chi connectivity index (χ3v) is 6.33. The Hall–Kier alpha value is -1.81. The lowest BCUT2D eigenvalue weighted by Gasteiger charge is -2.39. The van der Waals surface area contributed by atoms with Crippen molar-refractivity contribution in [2.45, 2.75) is 77.0 Å². The summed E-state index contributed by atoms with van der Waals surface area (Å²) in [5.41, 5.74) is -0.0545. The van der Waals surface area contributed by atoms with E-state index in [1.54, 1.807) is 14.2 Å². The number of rotatable bonds is 13. The quantitative estimate of drug-likeness (QED) is 0.303. The highest BCUT2D eigenvalue weighted by molar-refractivity contribution is 5.79. The van der Waals surface area contributed by atoms with Crippen molar-refractivity contribution in [3.8, 4) is 0 Å². The van der Waals surface area contributed by atoms with E-state index in [1.165, 1.54) is 0 Å². The fourth-order valence-electron chi connectivity index (χ4n) is 4.57. The molecule has 1 saturated heterocycles. The van der Waals surface area contributed by atoms with E-state index >= 15 is 0 Å². The molecular formula is C27H41NO7. The van der Waals surface area contributed by atoms with Crippen molar-refractivity contribution in [2.24, 2.45) is 10.9 Å². The minimum atomic E-state index is -0.882. The summed E-state index contributed by atoms with van der Waals surface area (Å²) >= 11 is 0. The van der Waals surface area contributed by atoms with E-state index in [0.717, 1.165) is 5.56 Å². The highest BCUT2D eigenvalue weighted by Gasteiger charge is 2.52. The molecule has 1 aromatic carbocycles. The molecule has 3 rings (SSSR count). The van der Waals surface area contributed by atoms with Crippen molar-refractivity contribution in [3.63, 3.8) is 0 Å². The van der Waals surface area contributed by atoms with E-state index in [2.05, 4.69) is 11.9 Å². The van der Waals surface area contributed by atoms with Crippen molar-refractivity contribution in [3.05, 3.63) is 48.0 Å². The van der Waals surface area contributed by atoms with Crippen LogP contribution in [0.4, 0.5) is 0 Å². The third-order valence-electron chi connectivity index (χ3n) is 6.33. The van der Waals surface area contributed by atoms with Gasteiger partial charge in [0.2, 0.25) is 5.90 Å². The van der Waals surface area contributed by atoms with Crippen LogP contribution in [0.2, 0.25) is 0 Å². The van der Waals surface area contributed by atoms with E-state index in [0.29, 0.717) is 19.1 Å². The Kier molecular flexibility index (Phi) is 9.86. The highest BCUT2D eigenvalue weighted by Crippen LogP contribution is 2.38. The van der Waals surface area contributed by atoms with Gasteiger partial charge in [-0.1, -0.05) is 49.4 Å². The first-order valence-electron chi connectivity index (χ1n) is 12.2. The van der Waals surface area contributed by atoms with Crippen LogP contribution in [0.25, 0.3) is 0 Å². The van der Waals surface area contributed by atoms with Gasteiger partial charge in [-0.2, -0.15) is 0 Å². The van der Waals surface area contributed by atoms with Gasteiger partial charge in [-0.3, -0.25) is 0 Å². The molecule has 2 aliphatic heterocycles. The number of aliphatic imine (C=N–C) groups is 1. The van der Waals surface area contributed by atoms with Crippen molar-refractivity contribution in [2.75, 3.05) is 34.2 Å². The standard InChI is InChI=1S/C27H41NO7/c1-8-14-27(5,34-16-21-28-26(3,4)17-32-21)24(33-18-29-6)23-22(19(2)25(30-7)35-23)31-15-20-12-10-9-11-13-20/h8-14,19,22-25H,15-18H2,1-7H3/b14-8+/t19-,22-,23-,24-,25-,27+/m0/s1. The molecule has 35 heavy (non-hydrogen) atoms. The van der Waals surface area contributed by atoms with Crippen LogP contribution < -0.4 is 0 Å². The van der Waals surface area contributed by atoms with Gasteiger partial charge in [0.25, 0.3) is 0 Å². The number of ether oxygens (including phenoxy) is 7. The molecule has 0 unspecified atom stereocenters. The predicted octanol–water partition coefficient (Wildman–Crippen LogP) is 4.13. The van der Waals surface area contributed by atoms with Crippen LogP contribution in [0.15, 0.2) is 47.5 Å². The monoisotopic (exact) mass is 491 g/mol. The predicted molar refractivity (Wildman–Crippen MR) is 133 cm³/mol. The zero-order valence-corrected chi connectivity index (χ0v) is 22.1. The lowest BCUT2D eigenvalue weighted by Crippen LogP contribution is -2.54. The molecular weight excluding hydrogens is 450 g/mol. The van der Waals surface area contributed by atoms with Gasteiger partial charge >= 0.3 is 0 Å². The zero-order valence-electron chi connectivity index (χ0n) is 22.1. The molecule has 0 radical (unpaired) electrons. The molecule has 1 fully saturated rings. The molecule has 0 bridgehead atoms. The van der Waals surface area contributed by atoms with Gasteiger partial charge in [0.1, 0.15) is 37.8 Å². The number of allylic oxidation sites excluding steroid dienone is 1. The van der Waals surface area contributed by atoms with Gasteiger partial charge in [-0.05, 0) is 33.3 Å². The van der Waals surface area contributed by atoms with Gasteiger partial charge in [-0.25, -0.2) is 4.99 Å². The zero-order chi connectivity index (χ0) is 25.5. The van der Waals surface area contributed by atoms with Crippen LogP contribution >= 0.6 is 0 Å². The number of nitrogens with zero attached hydrogens (tertiary/aromatic N) is 1. The first kappa shape index (κ1) is 27.8. The van der Waals surface area contributed by atoms with Crippen LogP contribution in [0.1, 0.15) is 40.2 Å². The maximum Gasteiger partial charge on any atom is 0.210 e. The Morgan fingerprint density at radius 2 is 1.94 bits per heavy atom.